The number of nitrogens with zero attached hydrogens (tertiary/aromatic N) is 2. The molecule has 0 radical (unpaired) electrons. The minimum atomic E-state index is -1.02. The number of rotatable bonds is 4. The zero-order valence-electron chi connectivity index (χ0n) is 10.8. The van der Waals surface area contributed by atoms with E-state index < -0.39 is 17.9 Å². The molecule has 0 bridgehead atoms. The van der Waals surface area contributed by atoms with Crippen LogP contribution in [0.15, 0.2) is 22.8 Å². The molecule has 20 heavy (non-hydrogen) atoms. The molecule has 7 nitrogen and oxygen atoms in total. The first-order chi connectivity index (χ1) is 9.50. The van der Waals surface area contributed by atoms with Crippen molar-refractivity contribution in [1.29, 1.82) is 0 Å². The molecule has 1 aromatic heterocycles. The average molecular weight is 298 g/mol. The lowest BCUT2D eigenvalue weighted by Gasteiger charge is -2.23. The van der Waals surface area contributed by atoms with Crippen LogP contribution in [-0.4, -0.2) is 64.0 Å². The molecule has 1 aliphatic heterocycles. The number of furan rings is 1. The third kappa shape index (κ3) is 2.96. The van der Waals surface area contributed by atoms with Crippen molar-refractivity contribution in [3.8, 4) is 0 Å². The summed E-state index contributed by atoms with van der Waals surface area (Å²) in [5.74, 6) is -0.976. The molecular formula is C12H14N2O5S. The molecule has 1 unspecified atom stereocenters. The number of hydrogen-bond donors (Lipinski definition) is 1. The molecule has 1 atom stereocenters. The first-order valence-corrected chi connectivity index (χ1v) is 7.05. The maximum atomic E-state index is 12.1. The quantitative estimate of drug-likeness (QED) is 0.862. The number of aliphatic carboxylic acids is 1. The van der Waals surface area contributed by atoms with Gasteiger partial charge in [-0.15, -0.1) is 11.8 Å². The summed E-state index contributed by atoms with van der Waals surface area (Å²) in [5.41, 5.74) is 0. The largest absolute Gasteiger partial charge is 0.480 e. The van der Waals surface area contributed by atoms with Gasteiger partial charge in [-0.1, -0.05) is 0 Å². The van der Waals surface area contributed by atoms with Gasteiger partial charge in [0.1, 0.15) is 6.04 Å². The van der Waals surface area contributed by atoms with Gasteiger partial charge in [-0.05, 0) is 12.1 Å². The lowest BCUT2D eigenvalue weighted by Crippen LogP contribution is -2.46. The Morgan fingerprint density at radius 2 is 2.30 bits per heavy atom. The molecule has 1 saturated heterocycles. The molecule has 1 aromatic rings. The number of thioether (sulfide) groups is 1. The number of likely N-dealkylation sites (N-methyl/N-ethyl adjacent to an activating group) is 1. The number of carbonyl (C=O) groups excluding carboxylic acids is 2. The molecule has 108 valence electrons. The molecule has 0 aromatic carbocycles. The Bertz CT molecular complexity index is 516. The van der Waals surface area contributed by atoms with E-state index in [0.717, 1.165) is 0 Å². The van der Waals surface area contributed by atoms with Crippen molar-refractivity contribution in [3.05, 3.63) is 24.2 Å². The van der Waals surface area contributed by atoms with Crippen molar-refractivity contribution in [3.63, 3.8) is 0 Å². The van der Waals surface area contributed by atoms with Crippen LogP contribution in [0.25, 0.3) is 0 Å². The van der Waals surface area contributed by atoms with Crippen LogP contribution in [0, 0.1) is 0 Å². The van der Waals surface area contributed by atoms with Crippen LogP contribution in [0.3, 0.4) is 0 Å². The molecule has 2 rings (SSSR count). The van der Waals surface area contributed by atoms with E-state index in [4.69, 9.17) is 9.52 Å². The third-order valence-corrected chi connectivity index (χ3v) is 3.95. The summed E-state index contributed by atoms with van der Waals surface area (Å²) in [6.45, 7) is -0.177. The number of amides is 2. The van der Waals surface area contributed by atoms with Gasteiger partial charge in [0, 0.05) is 12.8 Å². The molecule has 0 aliphatic carbocycles. The van der Waals surface area contributed by atoms with Crippen molar-refractivity contribution in [2.75, 3.05) is 25.2 Å². The first kappa shape index (κ1) is 14.4. The fourth-order valence-electron chi connectivity index (χ4n) is 1.85. The smallest absolute Gasteiger partial charge is 0.327 e. The number of carboxylic acid groups (broad SMARTS) is 1. The molecule has 1 aliphatic rings. The highest BCUT2D eigenvalue weighted by atomic mass is 32.2. The summed E-state index contributed by atoms with van der Waals surface area (Å²) in [6, 6.07) is 2.27. The predicted molar refractivity (Wildman–Crippen MR) is 71.3 cm³/mol. The summed E-state index contributed by atoms with van der Waals surface area (Å²) in [7, 11) is 1.47. The molecule has 0 saturated carbocycles. The van der Waals surface area contributed by atoms with E-state index in [2.05, 4.69) is 0 Å². The van der Waals surface area contributed by atoms with Crippen molar-refractivity contribution in [2.45, 2.75) is 6.04 Å². The Morgan fingerprint density at radius 1 is 1.55 bits per heavy atom. The Morgan fingerprint density at radius 3 is 2.90 bits per heavy atom. The molecule has 1 N–H and O–H groups in total. The fourth-order valence-corrected chi connectivity index (χ4v) is 3.02. The minimum Gasteiger partial charge on any atom is -0.480 e. The van der Waals surface area contributed by atoms with Crippen molar-refractivity contribution < 1.29 is 23.9 Å². The van der Waals surface area contributed by atoms with Crippen LogP contribution in [0.4, 0.5) is 0 Å². The highest BCUT2D eigenvalue weighted by Gasteiger charge is 2.35. The summed E-state index contributed by atoms with van der Waals surface area (Å²) in [4.78, 5) is 37.5. The Hall–Kier alpha value is -1.96. The zero-order valence-corrected chi connectivity index (χ0v) is 11.6. The van der Waals surface area contributed by atoms with E-state index in [1.807, 2.05) is 0 Å². The van der Waals surface area contributed by atoms with Crippen molar-refractivity contribution >= 4 is 29.5 Å². The highest BCUT2D eigenvalue weighted by molar-refractivity contribution is 7.99. The zero-order chi connectivity index (χ0) is 14.7. The minimum absolute atomic E-state index is 0.144. The number of carboxylic acids is 1. The number of carbonyl (C=O) groups is 3. The lowest BCUT2D eigenvalue weighted by molar-refractivity contribution is -0.147. The van der Waals surface area contributed by atoms with E-state index in [-0.39, 0.29) is 18.2 Å². The average Bonchev–Trinajstić information content (AvgIpc) is 3.08. The summed E-state index contributed by atoms with van der Waals surface area (Å²) >= 11 is 1.38. The second-order valence-corrected chi connectivity index (χ2v) is 5.36. The van der Waals surface area contributed by atoms with Gasteiger partial charge >= 0.3 is 5.97 Å². The van der Waals surface area contributed by atoms with Gasteiger partial charge in [-0.3, -0.25) is 9.59 Å². The van der Waals surface area contributed by atoms with Gasteiger partial charge in [-0.25, -0.2) is 4.79 Å². The topological polar surface area (TPSA) is 91.1 Å². The third-order valence-electron chi connectivity index (χ3n) is 2.94. The maximum absolute atomic E-state index is 12.1. The summed E-state index contributed by atoms with van der Waals surface area (Å²) < 4.78 is 4.97. The Balaban J connectivity index is 1.97. The van der Waals surface area contributed by atoms with Crippen molar-refractivity contribution in [1.82, 2.24) is 9.80 Å². The van der Waals surface area contributed by atoms with E-state index in [9.17, 15) is 14.4 Å². The predicted octanol–water partition coefficient (Wildman–Crippen LogP) is 0.338. The van der Waals surface area contributed by atoms with Gasteiger partial charge in [0.05, 0.1) is 18.7 Å². The van der Waals surface area contributed by atoms with E-state index in [1.54, 1.807) is 6.07 Å². The highest BCUT2D eigenvalue weighted by Crippen LogP contribution is 2.21. The standard InChI is InChI=1S/C12H14N2O5S/c1-13(11(16)9-3-2-4-19-9)5-10(15)14-7-20-6-8(14)12(17)18/h2-4,8H,5-7H2,1H3,(H,17,18). The van der Waals surface area contributed by atoms with Gasteiger partial charge < -0.3 is 19.3 Å². The second kappa shape index (κ2) is 6.00. The Labute approximate surface area is 119 Å². The van der Waals surface area contributed by atoms with Gasteiger partial charge in [0.15, 0.2) is 5.76 Å². The lowest BCUT2D eigenvalue weighted by atomic mass is 10.3. The number of hydrogen-bond acceptors (Lipinski definition) is 5. The van der Waals surface area contributed by atoms with E-state index in [1.165, 1.54) is 40.9 Å². The molecule has 0 spiro atoms. The Kier molecular flexibility index (Phi) is 4.33. The maximum Gasteiger partial charge on any atom is 0.327 e. The summed E-state index contributed by atoms with van der Waals surface area (Å²) in [6.07, 6.45) is 1.38. The van der Waals surface area contributed by atoms with Crippen LogP contribution in [0.2, 0.25) is 0 Å². The van der Waals surface area contributed by atoms with E-state index in [0.29, 0.717) is 11.6 Å². The van der Waals surface area contributed by atoms with Crippen molar-refractivity contribution in [2.24, 2.45) is 0 Å². The fraction of sp³-hybridized carbons (Fsp3) is 0.417. The second-order valence-electron chi connectivity index (χ2n) is 4.36. The van der Waals surface area contributed by atoms with Crippen LogP contribution < -0.4 is 0 Å². The molecule has 8 heteroatoms. The van der Waals surface area contributed by atoms with E-state index >= 15 is 0 Å². The van der Waals surface area contributed by atoms with Crippen LogP contribution in [0.1, 0.15) is 10.6 Å². The SMILES string of the molecule is CN(CC(=O)N1CSCC1C(=O)O)C(=O)c1ccco1. The van der Waals surface area contributed by atoms with Crippen LogP contribution in [0.5, 0.6) is 0 Å². The molecular weight excluding hydrogens is 284 g/mol. The summed E-state index contributed by atoms with van der Waals surface area (Å²) in [5, 5.41) is 9.02. The van der Waals surface area contributed by atoms with Gasteiger partial charge in [-0.2, -0.15) is 0 Å². The monoisotopic (exact) mass is 298 g/mol. The van der Waals surface area contributed by atoms with Gasteiger partial charge in [0.25, 0.3) is 5.91 Å². The molecule has 2 heterocycles. The van der Waals surface area contributed by atoms with Gasteiger partial charge in [0.2, 0.25) is 5.91 Å². The molecule has 2 amide bonds. The normalized spacial score (nSPS) is 18.1. The first-order valence-electron chi connectivity index (χ1n) is 5.89. The van der Waals surface area contributed by atoms with Crippen LogP contribution >= 0.6 is 11.8 Å². The van der Waals surface area contributed by atoms with Crippen LogP contribution in [-0.2, 0) is 9.59 Å². The molecule has 1 fully saturated rings.